The molecule has 4 heteroatoms. The Morgan fingerprint density at radius 1 is 1.04 bits per heavy atom. The number of aryl methyl sites for hydroxylation is 1. The molecule has 4 nitrogen and oxygen atoms in total. The second-order valence-corrected chi connectivity index (χ2v) is 6.47. The minimum atomic E-state index is 0.220. The molecule has 1 aromatic carbocycles. The molecule has 0 aliphatic heterocycles. The van der Waals surface area contributed by atoms with Gasteiger partial charge in [0.05, 0.1) is 0 Å². The van der Waals surface area contributed by atoms with Gasteiger partial charge in [-0.2, -0.15) is 4.98 Å². The summed E-state index contributed by atoms with van der Waals surface area (Å²) in [5, 5.41) is 1.18. The van der Waals surface area contributed by atoms with Crippen molar-refractivity contribution in [2.45, 2.75) is 58.3 Å². The highest BCUT2D eigenvalue weighted by Crippen LogP contribution is 2.33. The first kappa shape index (κ1) is 16.6. The number of nitrogens with two attached hydrogens (primary N) is 1. The number of fused-ring (bicyclic) bond motifs is 1. The van der Waals surface area contributed by atoms with Crippen LogP contribution in [-0.2, 0) is 6.42 Å². The zero-order valence-electron chi connectivity index (χ0n) is 14.5. The van der Waals surface area contributed by atoms with Crippen LogP contribution in [0, 0.1) is 0 Å². The fraction of sp³-hybridized carbons (Fsp3) is 0.450. The number of anilines is 1. The SMILES string of the molecule is CCCCCCCCCc1[nH]c2ccccc2c1-c1coc(N)n1. The molecule has 0 aliphatic rings. The molecule has 2 aromatic heterocycles. The quantitative estimate of drug-likeness (QED) is 0.496. The molecule has 0 bridgehead atoms. The summed E-state index contributed by atoms with van der Waals surface area (Å²) in [6, 6.07) is 8.56. The van der Waals surface area contributed by atoms with E-state index >= 15 is 0 Å². The molecule has 0 fully saturated rings. The lowest BCUT2D eigenvalue weighted by Gasteiger charge is -2.03. The molecule has 0 spiro atoms. The first-order valence-corrected chi connectivity index (χ1v) is 9.10. The fourth-order valence-electron chi connectivity index (χ4n) is 3.34. The van der Waals surface area contributed by atoms with Gasteiger partial charge in [0.1, 0.15) is 12.0 Å². The molecule has 3 rings (SSSR count). The van der Waals surface area contributed by atoms with E-state index < -0.39 is 0 Å². The average molecular weight is 325 g/mol. The van der Waals surface area contributed by atoms with Gasteiger partial charge in [-0.05, 0) is 18.9 Å². The predicted octanol–water partition coefficient (Wildman–Crippen LogP) is 5.70. The Labute approximate surface area is 143 Å². The van der Waals surface area contributed by atoms with Gasteiger partial charge in [0, 0.05) is 22.2 Å². The van der Waals surface area contributed by atoms with Crippen molar-refractivity contribution < 1.29 is 4.42 Å². The Morgan fingerprint density at radius 2 is 1.79 bits per heavy atom. The van der Waals surface area contributed by atoms with Crippen LogP contribution in [0.2, 0.25) is 0 Å². The molecule has 0 unspecified atom stereocenters. The van der Waals surface area contributed by atoms with Crippen molar-refractivity contribution in [2.75, 3.05) is 5.73 Å². The largest absolute Gasteiger partial charge is 0.432 e. The molecule has 128 valence electrons. The molecule has 0 amide bonds. The lowest BCUT2D eigenvalue weighted by atomic mass is 10.0. The number of unbranched alkanes of at least 4 members (excludes halogenated alkanes) is 6. The van der Waals surface area contributed by atoms with E-state index in [2.05, 4.69) is 41.2 Å². The number of oxazole rings is 1. The van der Waals surface area contributed by atoms with E-state index in [4.69, 9.17) is 10.2 Å². The van der Waals surface area contributed by atoms with Crippen molar-refractivity contribution in [3.8, 4) is 11.3 Å². The van der Waals surface area contributed by atoms with Gasteiger partial charge < -0.3 is 15.1 Å². The van der Waals surface area contributed by atoms with Crippen molar-refractivity contribution in [1.29, 1.82) is 0 Å². The van der Waals surface area contributed by atoms with Crippen molar-refractivity contribution in [1.82, 2.24) is 9.97 Å². The van der Waals surface area contributed by atoms with Crippen LogP contribution >= 0.6 is 0 Å². The Hall–Kier alpha value is -2.23. The number of rotatable bonds is 9. The van der Waals surface area contributed by atoms with Gasteiger partial charge in [-0.15, -0.1) is 0 Å². The van der Waals surface area contributed by atoms with Crippen molar-refractivity contribution in [3.05, 3.63) is 36.2 Å². The summed E-state index contributed by atoms with van der Waals surface area (Å²) in [7, 11) is 0. The first-order valence-electron chi connectivity index (χ1n) is 9.10. The molecule has 3 N–H and O–H groups in total. The maximum Gasteiger partial charge on any atom is 0.292 e. The van der Waals surface area contributed by atoms with Crippen molar-refractivity contribution in [3.63, 3.8) is 0 Å². The van der Waals surface area contributed by atoms with Crippen LogP contribution in [0.3, 0.4) is 0 Å². The smallest absolute Gasteiger partial charge is 0.292 e. The topological polar surface area (TPSA) is 67.8 Å². The van der Waals surface area contributed by atoms with Crippen LogP contribution in [0.15, 0.2) is 34.9 Å². The number of hydrogen-bond donors (Lipinski definition) is 2. The summed E-state index contributed by atoms with van der Waals surface area (Å²) in [6.45, 7) is 2.26. The zero-order valence-corrected chi connectivity index (χ0v) is 14.5. The maximum atomic E-state index is 5.67. The maximum absolute atomic E-state index is 5.67. The molecule has 2 heterocycles. The molecule has 0 radical (unpaired) electrons. The number of H-pyrrole nitrogens is 1. The molecule has 0 atom stereocenters. The standard InChI is InChI=1S/C20H27N3O/c1-2-3-4-5-6-7-8-13-17-19(18-14-24-20(21)23-18)15-11-9-10-12-16(15)22-17/h9-12,14,22H,2-8,13H2,1H3,(H2,21,23). The van der Waals surface area contributed by atoms with Crippen molar-refractivity contribution >= 4 is 16.9 Å². The minimum absolute atomic E-state index is 0.220. The van der Waals surface area contributed by atoms with E-state index in [1.54, 1.807) is 6.26 Å². The van der Waals surface area contributed by atoms with Gasteiger partial charge in [0.15, 0.2) is 0 Å². The zero-order chi connectivity index (χ0) is 16.8. The van der Waals surface area contributed by atoms with E-state index in [-0.39, 0.29) is 6.01 Å². The Kier molecular flexibility index (Phi) is 5.57. The van der Waals surface area contributed by atoms with E-state index in [1.807, 2.05) is 0 Å². The summed E-state index contributed by atoms with van der Waals surface area (Å²) in [4.78, 5) is 7.89. The van der Waals surface area contributed by atoms with Gasteiger partial charge in [-0.25, -0.2) is 0 Å². The molecule has 0 saturated carbocycles. The van der Waals surface area contributed by atoms with Crippen LogP contribution in [0.5, 0.6) is 0 Å². The van der Waals surface area contributed by atoms with E-state index in [1.165, 1.54) is 56.0 Å². The fourth-order valence-corrected chi connectivity index (χ4v) is 3.34. The average Bonchev–Trinajstić information content (AvgIpc) is 3.17. The second kappa shape index (κ2) is 8.04. The van der Waals surface area contributed by atoms with E-state index in [0.29, 0.717) is 0 Å². The first-order chi connectivity index (χ1) is 11.8. The Morgan fingerprint density at radius 3 is 2.54 bits per heavy atom. The minimum Gasteiger partial charge on any atom is -0.432 e. The highest BCUT2D eigenvalue weighted by molar-refractivity contribution is 5.96. The predicted molar refractivity (Wildman–Crippen MR) is 99.9 cm³/mol. The third-order valence-electron chi connectivity index (χ3n) is 4.59. The van der Waals surface area contributed by atoms with Gasteiger partial charge >= 0.3 is 0 Å². The third kappa shape index (κ3) is 3.81. The lowest BCUT2D eigenvalue weighted by molar-refractivity contribution is 0.581. The number of nitrogens with zero attached hydrogens (tertiary/aromatic N) is 1. The number of aromatic amines is 1. The molecule has 0 saturated heterocycles. The molecule has 0 aliphatic carbocycles. The van der Waals surface area contributed by atoms with Gasteiger partial charge in [0.2, 0.25) is 0 Å². The molecule has 24 heavy (non-hydrogen) atoms. The molecule has 3 aromatic rings. The molecular weight excluding hydrogens is 298 g/mol. The van der Waals surface area contributed by atoms with Crippen LogP contribution in [-0.4, -0.2) is 9.97 Å². The third-order valence-corrected chi connectivity index (χ3v) is 4.59. The summed E-state index contributed by atoms with van der Waals surface area (Å²) < 4.78 is 5.23. The van der Waals surface area contributed by atoms with E-state index in [9.17, 15) is 0 Å². The van der Waals surface area contributed by atoms with Gasteiger partial charge in [-0.3, -0.25) is 0 Å². The van der Waals surface area contributed by atoms with Crippen LogP contribution in [0.4, 0.5) is 6.01 Å². The number of nitrogens with one attached hydrogen (secondary N) is 1. The normalized spacial score (nSPS) is 11.4. The lowest BCUT2D eigenvalue weighted by Crippen LogP contribution is -1.91. The Bertz CT molecular complexity index is 772. The highest BCUT2D eigenvalue weighted by atomic mass is 16.4. The Balaban J connectivity index is 1.71. The highest BCUT2D eigenvalue weighted by Gasteiger charge is 2.16. The number of aromatic nitrogens is 2. The van der Waals surface area contributed by atoms with E-state index in [0.717, 1.165) is 23.2 Å². The summed E-state index contributed by atoms with van der Waals surface area (Å²) in [5.41, 5.74) is 10.0. The monoisotopic (exact) mass is 325 g/mol. The van der Waals surface area contributed by atoms with Gasteiger partial charge in [0.25, 0.3) is 6.01 Å². The number of para-hydroxylation sites is 1. The van der Waals surface area contributed by atoms with Crippen LogP contribution < -0.4 is 5.73 Å². The molecular formula is C20H27N3O. The summed E-state index contributed by atoms with van der Waals surface area (Å²) in [5.74, 6) is 0. The van der Waals surface area contributed by atoms with Crippen molar-refractivity contribution in [2.24, 2.45) is 0 Å². The number of nitrogen functional groups attached to an aromatic ring is 1. The summed E-state index contributed by atoms with van der Waals surface area (Å²) in [6.07, 6.45) is 11.9. The number of hydrogen-bond acceptors (Lipinski definition) is 3. The number of benzene rings is 1. The summed E-state index contributed by atoms with van der Waals surface area (Å²) >= 11 is 0. The van der Waals surface area contributed by atoms with Crippen LogP contribution in [0.25, 0.3) is 22.2 Å². The second-order valence-electron chi connectivity index (χ2n) is 6.47. The van der Waals surface area contributed by atoms with Crippen LogP contribution in [0.1, 0.15) is 57.6 Å². The van der Waals surface area contributed by atoms with Gasteiger partial charge in [-0.1, -0.05) is 63.6 Å².